The molecule has 2 aliphatic heterocycles. The second-order valence-electron chi connectivity index (χ2n) is 11.1. The van der Waals surface area contributed by atoms with Gasteiger partial charge in [-0.1, -0.05) is 36.9 Å². The molecular weight excluding hydrogens is 502 g/mol. The Kier molecular flexibility index (Phi) is 8.36. The number of fused-ring (bicyclic) bond motifs is 2. The van der Waals surface area contributed by atoms with Crippen LogP contribution in [-0.2, 0) is 24.2 Å². The number of amides is 1. The van der Waals surface area contributed by atoms with Crippen LogP contribution in [0.2, 0.25) is 0 Å². The molecule has 40 heavy (non-hydrogen) atoms. The highest BCUT2D eigenvalue weighted by molar-refractivity contribution is 5.87. The third kappa shape index (κ3) is 5.82. The minimum absolute atomic E-state index is 0.0816. The molecule has 2 atom stereocenters. The van der Waals surface area contributed by atoms with Crippen molar-refractivity contribution < 1.29 is 9.53 Å². The van der Waals surface area contributed by atoms with Gasteiger partial charge in [0, 0.05) is 49.5 Å². The molecule has 3 heterocycles. The number of carbonyl (C=O) groups excluding carboxylic acids is 1. The van der Waals surface area contributed by atoms with Crippen LogP contribution in [0, 0.1) is 11.3 Å². The van der Waals surface area contributed by atoms with Crippen LogP contribution in [0.25, 0.3) is 5.70 Å². The Bertz CT molecular complexity index is 1330. The quantitative estimate of drug-likeness (QED) is 0.471. The van der Waals surface area contributed by atoms with Crippen molar-refractivity contribution in [3.63, 3.8) is 0 Å². The summed E-state index contributed by atoms with van der Waals surface area (Å²) in [5, 5.41) is 9.48. The molecule has 1 saturated heterocycles. The maximum absolute atomic E-state index is 12.5. The van der Waals surface area contributed by atoms with Gasteiger partial charge in [0.25, 0.3) is 0 Å². The van der Waals surface area contributed by atoms with Gasteiger partial charge in [-0.25, -0.2) is 0 Å². The summed E-state index contributed by atoms with van der Waals surface area (Å²) in [5.41, 5.74) is 6.10. The fourth-order valence-corrected chi connectivity index (χ4v) is 6.14. The van der Waals surface area contributed by atoms with Crippen LogP contribution in [0.5, 0.6) is 6.01 Å². The number of benzene rings is 1. The van der Waals surface area contributed by atoms with E-state index in [-0.39, 0.29) is 24.5 Å². The molecule has 9 heteroatoms. The predicted octanol–water partition coefficient (Wildman–Crippen LogP) is 3.27. The van der Waals surface area contributed by atoms with Crippen molar-refractivity contribution in [3.8, 4) is 12.1 Å². The zero-order valence-electron chi connectivity index (χ0n) is 23.8. The van der Waals surface area contributed by atoms with Crippen molar-refractivity contribution >= 4 is 17.4 Å². The number of allylic oxidation sites excluding steroid dienone is 1. The standard InChI is InChI=1S/C31H39N7O2/c1-5-29(39)38-18-17-37(20-24(38)13-15-32)30-26-14-16-36(28-12-8-10-23-9-6-7-11-25(23)28)21-27(26)33-31(34-30)40-22(2)19-35(3)4/h5-7,9,11-12,22,24H,1,8,10,13-14,16-21H2,2-4H3/t22-,24?/m1/s1. The van der Waals surface area contributed by atoms with E-state index in [1.807, 2.05) is 21.0 Å². The number of anilines is 1. The fraction of sp³-hybridized carbons (Fsp3) is 0.484. The molecule has 0 N–H and O–H groups in total. The zero-order chi connectivity index (χ0) is 28.2. The van der Waals surface area contributed by atoms with Gasteiger partial charge in [-0.15, -0.1) is 0 Å². The van der Waals surface area contributed by atoms with Gasteiger partial charge in [0.15, 0.2) is 0 Å². The van der Waals surface area contributed by atoms with Gasteiger partial charge >= 0.3 is 6.01 Å². The van der Waals surface area contributed by atoms with E-state index in [0.29, 0.717) is 32.2 Å². The second kappa shape index (κ2) is 12.1. The lowest BCUT2D eigenvalue weighted by molar-refractivity contribution is -0.128. The molecule has 3 aliphatic rings. The van der Waals surface area contributed by atoms with Crippen molar-refractivity contribution in [2.24, 2.45) is 0 Å². The van der Waals surface area contributed by atoms with E-state index in [2.05, 4.69) is 57.7 Å². The van der Waals surface area contributed by atoms with E-state index in [9.17, 15) is 10.1 Å². The van der Waals surface area contributed by atoms with Crippen LogP contribution >= 0.6 is 0 Å². The number of ether oxygens (including phenoxy) is 1. The molecule has 0 bridgehead atoms. The molecule has 0 saturated carbocycles. The van der Waals surface area contributed by atoms with Gasteiger partial charge < -0.3 is 24.3 Å². The van der Waals surface area contributed by atoms with Gasteiger partial charge in [0.05, 0.1) is 30.8 Å². The monoisotopic (exact) mass is 541 g/mol. The van der Waals surface area contributed by atoms with Crippen LogP contribution in [0.1, 0.15) is 42.1 Å². The molecule has 210 valence electrons. The summed E-state index contributed by atoms with van der Waals surface area (Å²) in [6.07, 6.45) is 6.78. The second-order valence-corrected chi connectivity index (χ2v) is 11.1. The number of nitriles is 1. The third-order valence-corrected chi connectivity index (χ3v) is 7.90. The Balaban J connectivity index is 1.47. The van der Waals surface area contributed by atoms with Crippen molar-refractivity contribution in [2.45, 2.75) is 51.3 Å². The molecular formula is C31H39N7O2. The average molecular weight is 542 g/mol. The van der Waals surface area contributed by atoms with Crippen LogP contribution in [0.15, 0.2) is 43.0 Å². The van der Waals surface area contributed by atoms with Crippen LogP contribution < -0.4 is 9.64 Å². The SMILES string of the molecule is C=CC(=O)N1CCN(c2nc(O[C@H](C)CN(C)C)nc3c2CCN(C2=CCCc4ccccc42)C3)CC1CC#N. The van der Waals surface area contributed by atoms with E-state index >= 15 is 0 Å². The molecule has 1 amide bonds. The van der Waals surface area contributed by atoms with E-state index in [0.717, 1.165) is 49.4 Å². The average Bonchev–Trinajstić information content (AvgIpc) is 2.95. The lowest BCUT2D eigenvalue weighted by Gasteiger charge is -2.42. The van der Waals surface area contributed by atoms with Gasteiger partial charge in [0.1, 0.15) is 11.9 Å². The number of hydrogen-bond acceptors (Lipinski definition) is 8. The topological polar surface area (TPSA) is 88.8 Å². The van der Waals surface area contributed by atoms with Crippen molar-refractivity contribution in [3.05, 3.63) is 65.4 Å². The van der Waals surface area contributed by atoms with Crippen molar-refractivity contribution in [2.75, 3.05) is 51.7 Å². The minimum Gasteiger partial charge on any atom is -0.459 e. The number of piperazine rings is 1. The normalized spacial score (nSPS) is 19.3. The molecule has 1 aliphatic carbocycles. The predicted molar refractivity (Wildman–Crippen MR) is 156 cm³/mol. The van der Waals surface area contributed by atoms with Crippen LogP contribution in [0.3, 0.4) is 0 Å². The molecule has 0 spiro atoms. The first-order valence-corrected chi connectivity index (χ1v) is 14.2. The van der Waals surface area contributed by atoms with E-state index in [1.165, 1.54) is 22.9 Å². The first-order valence-electron chi connectivity index (χ1n) is 14.2. The van der Waals surface area contributed by atoms with E-state index in [4.69, 9.17) is 14.7 Å². The molecule has 5 rings (SSSR count). The first-order chi connectivity index (χ1) is 19.4. The Morgan fingerprint density at radius 2 is 2.05 bits per heavy atom. The molecule has 1 unspecified atom stereocenters. The highest BCUT2D eigenvalue weighted by Gasteiger charge is 2.34. The molecule has 1 aromatic heterocycles. The molecule has 1 aromatic carbocycles. The number of hydrogen-bond donors (Lipinski definition) is 0. The largest absolute Gasteiger partial charge is 0.459 e. The first kappa shape index (κ1) is 27.7. The number of nitrogens with zero attached hydrogens (tertiary/aromatic N) is 7. The Morgan fingerprint density at radius 3 is 2.83 bits per heavy atom. The summed E-state index contributed by atoms with van der Waals surface area (Å²) in [7, 11) is 4.04. The van der Waals surface area contributed by atoms with Gasteiger partial charge in [-0.05, 0) is 51.9 Å². The van der Waals surface area contributed by atoms with Crippen molar-refractivity contribution in [1.82, 2.24) is 24.7 Å². The minimum atomic E-state index is -0.226. The fourth-order valence-electron chi connectivity index (χ4n) is 6.14. The Labute approximate surface area is 237 Å². The van der Waals surface area contributed by atoms with Crippen molar-refractivity contribution in [1.29, 1.82) is 5.26 Å². The highest BCUT2D eigenvalue weighted by Crippen LogP contribution is 2.36. The summed E-state index contributed by atoms with van der Waals surface area (Å²) in [4.78, 5) is 30.9. The number of rotatable bonds is 8. The molecule has 2 aromatic rings. The maximum Gasteiger partial charge on any atom is 0.318 e. The maximum atomic E-state index is 12.5. The lowest BCUT2D eigenvalue weighted by Crippen LogP contribution is -2.55. The summed E-state index contributed by atoms with van der Waals surface area (Å²) < 4.78 is 6.26. The van der Waals surface area contributed by atoms with Gasteiger partial charge in [-0.3, -0.25) is 4.79 Å². The number of likely N-dealkylation sites (N-methyl/N-ethyl adjacent to an activating group) is 1. The van der Waals surface area contributed by atoms with E-state index in [1.54, 1.807) is 4.90 Å². The van der Waals surface area contributed by atoms with E-state index < -0.39 is 0 Å². The zero-order valence-corrected chi connectivity index (χ0v) is 23.8. The Morgan fingerprint density at radius 1 is 1.23 bits per heavy atom. The van der Waals surface area contributed by atoms with Crippen LogP contribution in [-0.4, -0.2) is 89.5 Å². The summed E-state index contributed by atoms with van der Waals surface area (Å²) in [6.45, 7) is 9.65. The summed E-state index contributed by atoms with van der Waals surface area (Å²) in [5.74, 6) is 0.728. The summed E-state index contributed by atoms with van der Waals surface area (Å²) >= 11 is 0. The van der Waals surface area contributed by atoms with Gasteiger partial charge in [0.2, 0.25) is 5.91 Å². The highest BCUT2D eigenvalue weighted by atomic mass is 16.5. The summed E-state index contributed by atoms with van der Waals surface area (Å²) in [6, 6.07) is 11.1. The molecule has 0 radical (unpaired) electrons. The number of aromatic nitrogens is 2. The smallest absolute Gasteiger partial charge is 0.318 e. The van der Waals surface area contributed by atoms with Crippen LogP contribution in [0.4, 0.5) is 5.82 Å². The number of carbonyl (C=O) groups is 1. The third-order valence-electron chi connectivity index (χ3n) is 7.90. The Hall–Kier alpha value is -3.90. The van der Waals surface area contributed by atoms with Gasteiger partial charge in [-0.2, -0.15) is 15.2 Å². The molecule has 1 fully saturated rings. The lowest BCUT2D eigenvalue weighted by atomic mass is 9.92. The number of aryl methyl sites for hydroxylation is 1. The molecule has 9 nitrogen and oxygen atoms in total.